The number of anilines is 1. The average Bonchev–Trinajstić information content (AvgIpc) is 3.20. The molecular formula is C14H10ClFN4O2S3. The minimum absolute atomic E-state index is 0.110. The van der Waals surface area contributed by atoms with Crippen LogP contribution in [0.2, 0.25) is 5.15 Å². The van der Waals surface area contributed by atoms with Gasteiger partial charge in [0, 0.05) is 6.54 Å². The molecule has 0 unspecified atom stereocenters. The molecule has 0 fully saturated rings. The first-order chi connectivity index (χ1) is 12.0. The van der Waals surface area contributed by atoms with Crippen LogP contribution in [-0.2, 0) is 11.3 Å². The van der Waals surface area contributed by atoms with Gasteiger partial charge in [0.2, 0.25) is 5.13 Å². The van der Waals surface area contributed by atoms with Crippen LogP contribution in [0.4, 0.5) is 9.52 Å². The number of carbonyl (C=O) groups is 1. The maximum atomic E-state index is 12.9. The van der Waals surface area contributed by atoms with Crippen molar-refractivity contribution < 1.29 is 13.9 Å². The summed E-state index contributed by atoms with van der Waals surface area (Å²) in [5, 5.41) is 12.0. The van der Waals surface area contributed by atoms with Crippen molar-refractivity contribution in [3.8, 4) is 0 Å². The molecule has 130 valence electrons. The van der Waals surface area contributed by atoms with Crippen molar-refractivity contribution in [1.82, 2.24) is 15.2 Å². The second-order valence-corrected chi connectivity index (χ2v) is 8.38. The number of thiazole rings is 1. The predicted octanol–water partition coefficient (Wildman–Crippen LogP) is 4.34. The molecule has 6 nitrogen and oxygen atoms in total. The van der Waals surface area contributed by atoms with E-state index in [-0.39, 0.29) is 15.8 Å². The standard InChI is InChI=1S/C14H10ClFN4O2S3/c1-22-11(21)9-10(15)18-13(23-9)25-14-20-19-12(24-14)17-6-7-2-4-8(16)5-3-7/h2-5H,6H2,1H3,(H,17,19). The monoisotopic (exact) mass is 416 g/mol. The van der Waals surface area contributed by atoms with Gasteiger partial charge < -0.3 is 10.1 Å². The molecule has 0 radical (unpaired) electrons. The Morgan fingerprint density at radius 3 is 2.76 bits per heavy atom. The third-order valence-electron chi connectivity index (χ3n) is 2.88. The highest BCUT2D eigenvalue weighted by molar-refractivity contribution is 8.02. The third kappa shape index (κ3) is 4.66. The van der Waals surface area contributed by atoms with E-state index < -0.39 is 5.97 Å². The minimum Gasteiger partial charge on any atom is -0.465 e. The van der Waals surface area contributed by atoms with Crippen LogP contribution in [0.15, 0.2) is 32.9 Å². The Bertz CT molecular complexity index is 885. The largest absolute Gasteiger partial charge is 0.465 e. The zero-order chi connectivity index (χ0) is 17.8. The van der Waals surface area contributed by atoms with Crippen LogP contribution < -0.4 is 5.32 Å². The zero-order valence-electron chi connectivity index (χ0n) is 12.7. The molecule has 0 atom stereocenters. The van der Waals surface area contributed by atoms with Crippen LogP contribution in [0.5, 0.6) is 0 Å². The fraction of sp³-hybridized carbons (Fsp3) is 0.143. The first kappa shape index (κ1) is 18.1. The minimum atomic E-state index is -0.520. The molecule has 3 rings (SSSR count). The zero-order valence-corrected chi connectivity index (χ0v) is 15.9. The lowest BCUT2D eigenvalue weighted by atomic mass is 10.2. The summed E-state index contributed by atoms with van der Waals surface area (Å²) >= 11 is 9.68. The normalized spacial score (nSPS) is 10.7. The first-order valence-corrected chi connectivity index (χ1v) is 9.62. The van der Waals surface area contributed by atoms with Gasteiger partial charge in [0.05, 0.1) is 7.11 Å². The lowest BCUT2D eigenvalue weighted by Crippen LogP contribution is -1.98. The molecule has 0 aliphatic carbocycles. The molecule has 11 heteroatoms. The highest BCUT2D eigenvalue weighted by Crippen LogP contribution is 2.37. The van der Waals surface area contributed by atoms with E-state index in [0.29, 0.717) is 20.4 Å². The molecule has 0 bridgehead atoms. The van der Waals surface area contributed by atoms with Crippen molar-refractivity contribution in [2.45, 2.75) is 15.2 Å². The Labute approximate surface area is 159 Å². The van der Waals surface area contributed by atoms with Gasteiger partial charge >= 0.3 is 5.97 Å². The van der Waals surface area contributed by atoms with E-state index in [0.717, 1.165) is 16.9 Å². The summed E-state index contributed by atoms with van der Waals surface area (Å²) in [6.07, 6.45) is 0. The molecule has 0 spiro atoms. The molecule has 2 heterocycles. The Morgan fingerprint density at radius 2 is 2.04 bits per heavy atom. The van der Waals surface area contributed by atoms with Gasteiger partial charge in [-0.3, -0.25) is 0 Å². The van der Waals surface area contributed by atoms with E-state index >= 15 is 0 Å². The summed E-state index contributed by atoms with van der Waals surface area (Å²) in [5.74, 6) is -0.792. The van der Waals surface area contributed by atoms with Crippen LogP contribution in [0.1, 0.15) is 15.2 Å². The number of carbonyl (C=O) groups excluding carboxylic acids is 1. The molecule has 0 saturated heterocycles. The number of nitrogens with zero attached hydrogens (tertiary/aromatic N) is 3. The molecule has 25 heavy (non-hydrogen) atoms. The van der Waals surface area contributed by atoms with Crippen LogP contribution in [0.3, 0.4) is 0 Å². The molecule has 1 aromatic carbocycles. The SMILES string of the molecule is COC(=O)c1sc(Sc2nnc(NCc3ccc(F)cc3)s2)nc1Cl. The van der Waals surface area contributed by atoms with Gasteiger partial charge in [-0.05, 0) is 29.5 Å². The predicted molar refractivity (Wildman–Crippen MR) is 96.2 cm³/mol. The number of hydrogen-bond donors (Lipinski definition) is 1. The summed E-state index contributed by atoms with van der Waals surface area (Å²) < 4.78 is 18.8. The third-order valence-corrected chi connectivity index (χ3v) is 6.29. The molecule has 2 aromatic heterocycles. The summed E-state index contributed by atoms with van der Waals surface area (Å²) in [5.41, 5.74) is 0.931. The van der Waals surface area contributed by atoms with Gasteiger partial charge in [-0.2, -0.15) is 0 Å². The quantitative estimate of drug-likeness (QED) is 0.599. The Morgan fingerprint density at radius 1 is 1.28 bits per heavy atom. The Balaban J connectivity index is 1.62. The van der Waals surface area contributed by atoms with E-state index in [2.05, 4.69) is 25.2 Å². The van der Waals surface area contributed by atoms with E-state index in [1.54, 1.807) is 12.1 Å². The molecule has 0 amide bonds. The Hall–Kier alpha value is -1.75. The van der Waals surface area contributed by atoms with Gasteiger partial charge in [0.15, 0.2) is 18.7 Å². The number of benzene rings is 1. The number of ether oxygens (including phenoxy) is 1. The lowest BCUT2D eigenvalue weighted by molar-refractivity contribution is 0.0606. The van der Waals surface area contributed by atoms with Crippen LogP contribution in [0.25, 0.3) is 0 Å². The number of hydrogen-bond acceptors (Lipinski definition) is 9. The Kier molecular flexibility index (Phi) is 5.84. The average molecular weight is 417 g/mol. The number of aromatic nitrogens is 3. The highest BCUT2D eigenvalue weighted by atomic mass is 35.5. The van der Waals surface area contributed by atoms with Crippen molar-refractivity contribution in [1.29, 1.82) is 0 Å². The van der Waals surface area contributed by atoms with Crippen LogP contribution in [-0.4, -0.2) is 28.3 Å². The fourth-order valence-corrected chi connectivity index (χ4v) is 5.00. The van der Waals surface area contributed by atoms with Crippen molar-refractivity contribution in [3.05, 3.63) is 45.7 Å². The maximum Gasteiger partial charge on any atom is 0.351 e. The lowest BCUT2D eigenvalue weighted by Gasteiger charge is -2.01. The van der Waals surface area contributed by atoms with Crippen LogP contribution >= 0.6 is 46.0 Å². The molecule has 3 aromatic rings. The first-order valence-electron chi connectivity index (χ1n) is 6.79. The highest BCUT2D eigenvalue weighted by Gasteiger charge is 2.19. The van der Waals surface area contributed by atoms with E-state index in [1.807, 2.05) is 0 Å². The van der Waals surface area contributed by atoms with Gasteiger partial charge in [0.1, 0.15) is 5.82 Å². The van der Waals surface area contributed by atoms with E-state index in [9.17, 15) is 9.18 Å². The van der Waals surface area contributed by atoms with Gasteiger partial charge in [-0.15, -0.1) is 10.2 Å². The number of methoxy groups -OCH3 is 1. The molecular weight excluding hydrogens is 407 g/mol. The molecule has 0 saturated carbocycles. The molecule has 1 N–H and O–H groups in total. The van der Waals surface area contributed by atoms with Gasteiger partial charge in [-0.25, -0.2) is 14.2 Å². The molecule has 0 aliphatic rings. The van der Waals surface area contributed by atoms with Crippen LogP contribution in [0, 0.1) is 5.82 Å². The van der Waals surface area contributed by atoms with Crippen molar-refractivity contribution in [2.75, 3.05) is 12.4 Å². The topological polar surface area (TPSA) is 77.0 Å². The van der Waals surface area contributed by atoms with Crippen molar-refractivity contribution in [2.24, 2.45) is 0 Å². The maximum absolute atomic E-state index is 12.9. The summed E-state index contributed by atoms with van der Waals surface area (Å²) in [7, 11) is 1.29. The van der Waals surface area contributed by atoms with Gasteiger partial charge in [0.25, 0.3) is 0 Å². The van der Waals surface area contributed by atoms with Gasteiger partial charge in [-0.1, -0.05) is 46.4 Å². The summed E-state index contributed by atoms with van der Waals surface area (Å²) in [4.78, 5) is 15.9. The fourth-order valence-electron chi connectivity index (χ4n) is 1.72. The second kappa shape index (κ2) is 8.09. The summed E-state index contributed by atoms with van der Waals surface area (Å²) in [6.45, 7) is 0.509. The second-order valence-electron chi connectivity index (χ2n) is 4.55. The number of rotatable bonds is 6. The number of esters is 1. The smallest absolute Gasteiger partial charge is 0.351 e. The molecule has 0 aliphatic heterocycles. The summed E-state index contributed by atoms with van der Waals surface area (Å²) in [6, 6.07) is 6.21. The number of nitrogens with one attached hydrogen (secondary N) is 1. The van der Waals surface area contributed by atoms with Crippen molar-refractivity contribution >= 4 is 57.1 Å². The number of halogens is 2. The van der Waals surface area contributed by atoms with E-state index in [4.69, 9.17) is 11.6 Å². The van der Waals surface area contributed by atoms with E-state index in [1.165, 1.54) is 42.3 Å². The van der Waals surface area contributed by atoms with Crippen molar-refractivity contribution in [3.63, 3.8) is 0 Å².